The summed E-state index contributed by atoms with van der Waals surface area (Å²) in [6.07, 6.45) is 68.6. The molecule has 0 aliphatic carbocycles. The fraction of sp³-hybridized carbons (Fsp3) is 0.831. The number of rotatable bonds is 52. The number of allylic oxidation sites excluding steroid dienone is 8. The molecule has 5 heteroatoms. The summed E-state index contributed by atoms with van der Waals surface area (Å²) in [6.45, 7) is 7.69. The van der Waals surface area contributed by atoms with Gasteiger partial charge in [0.25, 0.3) is 0 Å². The number of unbranched alkanes of at least 4 members (excludes halogenated alkanes) is 33. The van der Waals surface area contributed by atoms with Crippen molar-refractivity contribution in [1.82, 2.24) is 0 Å². The van der Waals surface area contributed by atoms with E-state index in [1.54, 1.807) is 0 Å². The summed E-state index contributed by atoms with van der Waals surface area (Å²) < 4.78 is 17.5. The van der Waals surface area contributed by atoms with E-state index in [-0.39, 0.29) is 25.2 Å². The molecule has 0 saturated heterocycles. The Morgan fingerprint density at radius 2 is 0.594 bits per heavy atom. The Morgan fingerprint density at radius 1 is 0.328 bits per heavy atom. The van der Waals surface area contributed by atoms with Crippen LogP contribution in [0.5, 0.6) is 0 Å². The van der Waals surface area contributed by atoms with Gasteiger partial charge >= 0.3 is 11.9 Å². The number of hydrogen-bond acceptors (Lipinski definition) is 5. The second-order valence-electron chi connectivity index (χ2n) is 18.8. The van der Waals surface area contributed by atoms with Crippen molar-refractivity contribution in [1.29, 1.82) is 0 Å². The van der Waals surface area contributed by atoms with Crippen LogP contribution in [0.3, 0.4) is 0 Å². The van der Waals surface area contributed by atoms with Crippen LogP contribution in [-0.2, 0) is 23.8 Å². The largest absolute Gasteiger partial charge is 0.463 e. The zero-order valence-electron chi connectivity index (χ0n) is 43.1. The lowest BCUT2D eigenvalue weighted by Crippen LogP contribution is -2.29. The van der Waals surface area contributed by atoms with Gasteiger partial charge in [0.2, 0.25) is 0 Å². The minimum Gasteiger partial charge on any atom is -0.463 e. The van der Waals surface area contributed by atoms with E-state index in [0.29, 0.717) is 19.4 Å². The van der Waals surface area contributed by atoms with Crippen molar-refractivity contribution in [3.8, 4) is 0 Å². The van der Waals surface area contributed by atoms with Crippen molar-refractivity contribution >= 4 is 11.9 Å². The normalized spacial score (nSPS) is 12.5. The molecule has 0 heterocycles. The van der Waals surface area contributed by atoms with Gasteiger partial charge in [0.05, 0.1) is 0 Å². The SMILES string of the molecule is CCCCC/C=C\C/C=C\C/C=C\CCCCC(=O)OC[C@H](COC(=O)CCCCCCCCC/C=C\CCCCCCCC)OCCCCCCCCCCCCCCCCCC. The lowest BCUT2D eigenvalue weighted by molar-refractivity contribution is -0.155. The highest BCUT2D eigenvalue weighted by molar-refractivity contribution is 5.69. The first-order chi connectivity index (χ1) is 31.6. The van der Waals surface area contributed by atoms with Crippen molar-refractivity contribution in [2.45, 2.75) is 297 Å². The molecular formula is C59H108O5. The first kappa shape index (κ1) is 61.9. The number of carbonyl (C=O) groups excluding carboxylic acids is 2. The lowest BCUT2D eigenvalue weighted by atomic mass is 10.0. The summed E-state index contributed by atoms with van der Waals surface area (Å²) in [5, 5.41) is 0. The van der Waals surface area contributed by atoms with Gasteiger partial charge in [0.15, 0.2) is 0 Å². The summed E-state index contributed by atoms with van der Waals surface area (Å²) in [4.78, 5) is 25.3. The molecule has 0 rings (SSSR count). The molecule has 1 atom stereocenters. The molecule has 0 saturated carbocycles. The van der Waals surface area contributed by atoms with Gasteiger partial charge in [-0.25, -0.2) is 0 Å². The second kappa shape index (κ2) is 55.2. The lowest BCUT2D eigenvalue weighted by Gasteiger charge is -2.18. The fourth-order valence-corrected chi connectivity index (χ4v) is 8.08. The van der Waals surface area contributed by atoms with E-state index >= 15 is 0 Å². The van der Waals surface area contributed by atoms with Gasteiger partial charge < -0.3 is 14.2 Å². The molecule has 0 fully saturated rings. The number of carbonyl (C=O) groups is 2. The monoisotopic (exact) mass is 897 g/mol. The highest BCUT2D eigenvalue weighted by Crippen LogP contribution is 2.15. The van der Waals surface area contributed by atoms with Crippen LogP contribution in [-0.4, -0.2) is 37.9 Å². The van der Waals surface area contributed by atoms with Crippen LogP contribution in [0.1, 0.15) is 290 Å². The predicted octanol–water partition coefficient (Wildman–Crippen LogP) is 19.1. The fourth-order valence-electron chi connectivity index (χ4n) is 8.08. The molecule has 0 bridgehead atoms. The van der Waals surface area contributed by atoms with E-state index in [9.17, 15) is 9.59 Å². The smallest absolute Gasteiger partial charge is 0.305 e. The van der Waals surface area contributed by atoms with Gasteiger partial charge in [-0.15, -0.1) is 0 Å². The van der Waals surface area contributed by atoms with Gasteiger partial charge in [0.1, 0.15) is 19.3 Å². The summed E-state index contributed by atoms with van der Waals surface area (Å²) in [5.41, 5.74) is 0. The van der Waals surface area contributed by atoms with Crippen molar-refractivity contribution < 1.29 is 23.8 Å². The Balaban J connectivity index is 4.29. The van der Waals surface area contributed by atoms with E-state index in [1.165, 1.54) is 199 Å². The van der Waals surface area contributed by atoms with Gasteiger partial charge in [-0.2, -0.15) is 0 Å². The van der Waals surface area contributed by atoms with Crippen molar-refractivity contribution in [2.75, 3.05) is 19.8 Å². The van der Waals surface area contributed by atoms with E-state index in [1.807, 2.05) is 0 Å². The molecule has 5 nitrogen and oxygen atoms in total. The first-order valence-electron chi connectivity index (χ1n) is 28.2. The maximum Gasteiger partial charge on any atom is 0.305 e. The third kappa shape index (κ3) is 52.5. The molecule has 0 N–H and O–H groups in total. The Kier molecular flexibility index (Phi) is 53.3. The molecule has 0 aliphatic rings. The average molecular weight is 898 g/mol. The highest BCUT2D eigenvalue weighted by atomic mass is 16.6. The summed E-state index contributed by atoms with van der Waals surface area (Å²) in [6, 6.07) is 0. The van der Waals surface area contributed by atoms with Crippen LogP contribution >= 0.6 is 0 Å². The molecule has 374 valence electrons. The zero-order chi connectivity index (χ0) is 46.3. The van der Waals surface area contributed by atoms with Crippen molar-refractivity contribution in [3.63, 3.8) is 0 Å². The number of esters is 2. The topological polar surface area (TPSA) is 61.8 Å². The van der Waals surface area contributed by atoms with E-state index in [2.05, 4.69) is 69.4 Å². The number of ether oxygens (including phenoxy) is 3. The van der Waals surface area contributed by atoms with E-state index in [0.717, 1.165) is 57.8 Å². The van der Waals surface area contributed by atoms with Gasteiger partial charge in [0, 0.05) is 19.4 Å². The summed E-state index contributed by atoms with van der Waals surface area (Å²) in [7, 11) is 0. The minimum absolute atomic E-state index is 0.139. The summed E-state index contributed by atoms with van der Waals surface area (Å²) in [5.74, 6) is -0.370. The molecule has 0 amide bonds. The third-order valence-corrected chi connectivity index (χ3v) is 12.4. The Bertz CT molecular complexity index is 1060. The molecule has 64 heavy (non-hydrogen) atoms. The Hall–Kier alpha value is -2.14. The zero-order valence-corrected chi connectivity index (χ0v) is 43.1. The molecule has 0 aromatic heterocycles. The van der Waals surface area contributed by atoms with Crippen LogP contribution in [0, 0.1) is 0 Å². The first-order valence-corrected chi connectivity index (χ1v) is 28.2. The van der Waals surface area contributed by atoms with E-state index in [4.69, 9.17) is 14.2 Å². The molecule has 0 spiro atoms. The van der Waals surface area contributed by atoms with Crippen LogP contribution in [0.2, 0.25) is 0 Å². The highest BCUT2D eigenvalue weighted by Gasteiger charge is 2.16. The third-order valence-electron chi connectivity index (χ3n) is 12.4. The van der Waals surface area contributed by atoms with Gasteiger partial charge in [-0.05, 0) is 83.5 Å². The van der Waals surface area contributed by atoms with Crippen LogP contribution in [0.4, 0.5) is 0 Å². The Morgan fingerprint density at radius 3 is 1.00 bits per heavy atom. The van der Waals surface area contributed by atoms with Crippen LogP contribution in [0.25, 0.3) is 0 Å². The molecule has 0 aromatic carbocycles. The molecule has 0 radical (unpaired) electrons. The van der Waals surface area contributed by atoms with Crippen LogP contribution < -0.4 is 0 Å². The Labute approximate surface area is 399 Å². The van der Waals surface area contributed by atoms with Crippen LogP contribution in [0.15, 0.2) is 48.6 Å². The second-order valence-corrected chi connectivity index (χ2v) is 18.8. The van der Waals surface area contributed by atoms with Crippen molar-refractivity contribution in [2.24, 2.45) is 0 Å². The van der Waals surface area contributed by atoms with Gasteiger partial charge in [-0.1, -0.05) is 243 Å². The van der Waals surface area contributed by atoms with E-state index < -0.39 is 6.10 Å². The molecule has 0 aliphatic heterocycles. The molecule has 0 aromatic rings. The quantitative estimate of drug-likeness (QED) is 0.0346. The van der Waals surface area contributed by atoms with Crippen molar-refractivity contribution in [3.05, 3.63) is 48.6 Å². The standard InChI is InChI=1S/C59H108O5/c1-4-7-10-13-16-19-22-25-28-30-32-35-38-41-44-47-50-53-59(61)64-56-57(62-54-51-48-45-42-39-36-33-29-26-23-20-17-14-11-8-5-2)55-63-58(60)52-49-46-43-40-37-34-31-27-24-21-18-15-12-9-6-3/h18,21,25,27-28,31,37,40,57H,4-17,19-20,22-24,26,29-30,32-36,38-39,41-56H2,1-3H3/b21-18-,28-25-,31-27-,40-37-/t57-/m1/s1. The minimum atomic E-state index is -0.415. The average Bonchev–Trinajstić information content (AvgIpc) is 3.30. The molecular weight excluding hydrogens is 789 g/mol. The maximum absolute atomic E-state index is 12.6. The predicted molar refractivity (Wildman–Crippen MR) is 279 cm³/mol. The maximum atomic E-state index is 12.6. The number of hydrogen-bond donors (Lipinski definition) is 0. The van der Waals surface area contributed by atoms with Gasteiger partial charge in [-0.3, -0.25) is 9.59 Å². The summed E-state index contributed by atoms with van der Waals surface area (Å²) >= 11 is 0. The molecule has 0 unspecified atom stereocenters.